The van der Waals surface area contributed by atoms with Crippen LogP contribution in [-0.2, 0) is 4.74 Å². The van der Waals surface area contributed by atoms with E-state index in [2.05, 4.69) is 24.9 Å². The van der Waals surface area contributed by atoms with E-state index in [9.17, 15) is 10.2 Å². The third-order valence-electron chi connectivity index (χ3n) is 4.77. The van der Waals surface area contributed by atoms with E-state index >= 15 is 0 Å². The number of ether oxygens (including phenoxy) is 1. The first-order valence-electron chi connectivity index (χ1n) is 9.87. The highest BCUT2D eigenvalue weighted by atomic mass is 32.2. The second-order valence-corrected chi connectivity index (χ2v) is 7.99. The number of fused-ring (bicyclic) bond motifs is 1. The van der Waals surface area contributed by atoms with Gasteiger partial charge in [0.15, 0.2) is 22.9 Å². The molecular formula is C20H23N7O4S. The third-order valence-corrected chi connectivity index (χ3v) is 5.74. The number of amidine groups is 1. The van der Waals surface area contributed by atoms with E-state index in [0.717, 1.165) is 12.2 Å². The molecule has 0 amide bonds. The standard InChI is InChI=1S/C15H17N7O3S.C5H6O/c16-12-9-13(20-6-19-12)22(7-21-9)14-11(24)10(23)8(25-14)5-26-15-17-3-1-2-4-18-15;1-5-3-2-4-6-5/h1,3-4,6-8,10-11,14,23-24H,2,5H2,(H2,16,19,20);2-4H,1H3/t8-,10-,11-,14-;/m1./s1. The van der Waals surface area contributed by atoms with Crippen molar-refractivity contribution in [1.82, 2.24) is 19.5 Å². The molecule has 4 atom stereocenters. The molecule has 2 aliphatic rings. The van der Waals surface area contributed by atoms with Crippen LogP contribution in [0.4, 0.5) is 5.82 Å². The Morgan fingerprint density at radius 3 is 2.88 bits per heavy atom. The number of rotatable bonds is 3. The van der Waals surface area contributed by atoms with Gasteiger partial charge in [0.25, 0.3) is 0 Å². The fraction of sp³-hybridized carbons (Fsp3) is 0.350. The minimum Gasteiger partial charge on any atom is -0.470 e. The van der Waals surface area contributed by atoms with Crippen molar-refractivity contribution in [3.8, 4) is 0 Å². The van der Waals surface area contributed by atoms with Gasteiger partial charge in [-0.25, -0.2) is 24.9 Å². The number of hydrogen-bond donors (Lipinski definition) is 3. The number of aliphatic hydroxyl groups excluding tert-OH is 2. The normalized spacial score (nSPS) is 24.8. The first-order valence-corrected chi connectivity index (χ1v) is 10.9. The van der Waals surface area contributed by atoms with E-state index in [1.165, 1.54) is 24.4 Å². The van der Waals surface area contributed by atoms with Crippen molar-refractivity contribution in [2.75, 3.05) is 11.5 Å². The van der Waals surface area contributed by atoms with Gasteiger partial charge in [0.2, 0.25) is 0 Å². The minimum atomic E-state index is -1.13. The van der Waals surface area contributed by atoms with Gasteiger partial charge in [-0.3, -0.25) is 4.57 Å². The number of allylic oxidation sites excluding steroid dienone is 1. The number of aromatic nitrogens is 4. The monoisotopic (exact) mass is 457 g/mol. The van der Waals surface area contributed by atoms with Gasteiger partial charge < -0.3 is 25.1 Å². The summed E-state index contributed by atoms with van der Waals surface area (Å²) >= 11 is 1.35. The molecule has 1 saturated heterocycles. The molecule has 3 aromatic rings. The lowest BCUT2D eigenvalue weighted by atomic mass is 10.1. The van der Waals surface area contributed by atoms with Crippen molar-refractivity contribution in [1.29, 1.82) is 0 Å². The number of anilines is 1. The summed E-state index contributed by atoms with van der Waals surface area (Å²) in [5.74, 6) is 1.60. The minimum absolute atomic E-state index is 0.242. The van der Waals surface area contributed by atoms with Gasteiger partial charge in [-0.05, 0) is 19.1 Å². The Labute approximate surface area is 187 Å². The molecule has 12 heteroatoms. The van der Waals surface area contributed by atoms with Crippen LogP contribution in [0, 0.1) is 6.92 Å². The van der Waals surface area contributed by atoms with Crippen LogP contribution in [-0.4, -0.2) is 65.2 Å². The summed E-state index contributed by atoms with van der Waals surface area (Å²) in [7, 11) is 0. The largest absolute Gasteiger partial charge is 0.470 e. The third kappa shape index (κ3) is 4.88. The lowest BCUT2D eigenvalue weighted by Gasteiger charge is -2.16. The summed E-state index contributed by atoms with van der Waals surface area (Å²) in [5, 5.41) is 21.4. The molecule has 5 rings (SSSR count). The van der Waals surface area contributed by atoms with Crippen molar-refractivity contribution in [2.24, 2.45) is 9.98 Å². The van der Waals surface area contributed by atoms with Gasteiger partial charge in [-0.1, -0.05) is 17.8 Å². The molecule has 0 bridgehead atoms. The number of nitrogens with two attached hydrogens (primary N) is 1. The maximum Gasteiger partial charge on any atom is 0.187 e. The molecule has 4 N–H and O–H groups in total. The van der Waals surface area contributed by atoms with E-state index < -0.39 is 24.5 Å². The predicted molar refractivity (Wildman–Crippen MR) is 121 cm³/mol. The van der Waals surface area contributed by atoms with Crippen molar-refractivity contribution >= 4 is 40.1 Å². The summed E-state index contributed by atoms with van der Waals surface area (Å²) in [6, 6.07) is 3.79. The average molecular weight is 458 g/mol. The van der Waals surface area contributed by atoms with Crippen molar-refractivity contribution in [2.45, 2.75) is 37.9 Å². The van der Waals surface area contributed by atoms with Crippen LogP contribution in [0.25, 0.3) is 11.2 Å². The smallest absolute Gasteiger partial charge is 0.187 e. The van der Waals surface area contributed by atoms with Crippen molar-refractivity contribution < 1.29 is 19.4 Å². The van der Waals surface area contributed by atoms with Gasteiger partial charge in [0.05, 0.1) is 18.7 Å². The topological polar surface area (TPSA) is 157 Å². The van der Waals surface area contributed by atoms with Crippen LogP contribution in [0.2, 0.25) is 0 Å². The molecule has 2 aliphatic heterocycles. The highest BCUT2D eigenvalue weighted by molar-refractivity contribution is 8.13. The molecule has 168 valence electrons. The summed E-state index contributed by atoms with van der Waals surface area (Å²) in [6.07, 6.45) is 6.93. The van der Waals surface area contributed by atoms with Gasteiger partial charge in [-0.2, -0.15) is 0 Å². The number of furan rings is 1. The van der Waals surface area contributed by atoms with Crippen molar-refractivity contribution in [3.05, 3.63) is 49.1 Å². The summed E-state index contributed by atoms with van der Waals surface area (Å²) < 4.78 is 12.3. The van der Waals surface area contributed by atoms with Crippen LogP contribution in [0.3, 0.4) is 0 Å². The number of nitrogens with zero attached hydrogens (tertiary/aromatic N) is 6. The molecule has 1 fully saturated rings. The first kappa shape index (κ1) is 22.1. The van der Waals surface area contributed by atoms with Crippen LogP contribution >= 0.6 is 11.8 Å². The van der Waals surface area contributed by atoms with E-state index in [4.69, 9.17) is 14.9 Å². The maximum atomic E-state index is 10.4. The highest BCUT2D eigenvalue weighted by Gasteiger charge is 2.44. The molecule has 0 unspecified atom stereocenters. The van der Waals surface area contributed by atoms with Crippen LogP contribution < -0.4 is 5.73 Å². The van der Waals surface area contributed by atoms with Gasteiger partial charge in [0.1, 0.15) is 29.8 Å². The lowest BCUT2D eigenvalue weighted by molar-refractivity contribution is -0.0288. The molecule has 0 spiro atoms. The Kier molecular flexibility index (Phi) is 6.95. The second kappa shape index (κ2) is 10.0. The molecule has 11 nitrogen and oxygen atoms in total. The zero-order valence-electron chi connectivity index (χ0n) is 17.2. The molecule has 3 aromatic heterocycles. The molecule has 0 saturated carbocycles. The van der Waals surface area contributed by atoms with E-state index in [-0.39, 0.29) is 5.82 Å². The van der Waals surface area contributed by atoms with Gasteiger partial charge in [-0.15, -0.1) is 0 Å². The SMILES string of the molecule is Cc1ccco1.Nc1ncnc2c1ncn2[C@@H]1O[C@H](CSC2=NC=CCC=N2)[C@@H](O)[C@H]1O. The first-order chi connectivity index (χ1) is 15.5. The number of imidazole rings is 1. The average Bonchev–Trinajstić information content (AvgIpc) is 3.44. The van der Waals surface area contributed by atoms with Gasteiger partial charge >= 0.3 is 0 Å². The Morgan fingerprint density at radius 1 is 1.25 bits per heavy atom. The summed E-state index contributed by atoms with van der Waals surface area (Å²) in [4.78, 5) is 20.6. The fourth-order valence-electron chi connectivity index (χ4n) is 3.15. The quantitative estimate of drug-likeness (QED) is 0.532. The fourth-order valence-corrected chi connectivity index (χ4v) is 4.02. The maximum absolute atomic E-state index is 10.4. The Balaban J connectivity index is 0.000000354. The molecule has 0 aromatic carbocycles. The van der Waals surface area contributed by atoms with E-state index in [1.54, 1.807) is 23.2 Å². The summed E-state index contributed by atoms with van der Waals surface area (Å²) in [5.41, 5.74) is 6.64. The number of nitrogen functional groups attached to an aromatic ring is 1. The Hall–Kier alpha value is -3.06. The predicted octanol–water partition coefficient (Wildman–Crippen LogP) is 1.69. The summed E-state index contributed by atoms with van der Waals surface area (Å²) in [6.45, 7) is 1.92. The zero-order chi connectivity index (χ0) is 22.5. The molecule has 32 heavy (non-hydrogen) atoms. The number of aryl methyl sites for hydroxylation is 1. The number of aliphatic hydroxyl groups is 2. The lowest BCUT2D eigenvalue weighted by Crippen LogP contribution is -2.32. The van der Waals surface area contributed by atoms with Gasteiger partial charge in [0, 0.05) is 24.6 Å². The zero-order valence-corrected chi connectivity index (χ0v) is 18.0. The van der Waals surface area contributed by atoms with Crippen LogP contribution in [0.1, 0.15) is 18.4 Å². The van der Waals surface area contributed by atoms with E-state index in [0.29, 0.717) is 22.1 Å². The highest BCUT2D eigenvalue weighted by Crippen LogP contribution is 2.33. The second-order valence-electron chi connectivity index (χ2n) is 7.01. The number of thioether (sulfide) groups is 1. The molecule has 0 radical (unpaired) electrons. The number of aliphatic imine (C=N–C) groups is 2. The number of hydrogen-bond acceptors (Lipinski definition) is 11. The Bertz CT molecular complexity index is 1130. The van der Waals surface area contributed by atoms with E-state index in [1.807, 2.05) is 25.1 Å². The Morgan fingerprint density at radius 2 is 2.12 bits per heavy atom. The molecular weight excluding hydrogens is 434 g/mol. The van der Waals surface area contributed by atoms with Crippen LogP contribution in [0.5, 0.6) is 0 Å². The van der Waals surface area contributed by atoms with Crippen LogP contribution in [0.15, 0.2) is 57.7 Å². The molecule has 0 aliphatic carbocycles. The van der Waals surface area contributed by atoms with Crippen molar-refractivity contribution in [3.63, 3.8) is 0 Å². The molecule has 5 heterocycles.